The Kier molecular flexibility index (Phi) is 7.22. The second kappa shape index (κ2) is 7.30. The van der Waals surface area contributed by atoms with Gasteiger partial charge in [0.15, 0.2) is 6.29 Å². The maximum Gasteiger partial charge on any atom is 0.269 e. The van der Waals surface area contributed by atoms with E-state index < -0.39 is 26.5 Å². The van der Waals surface area contributed by atoms with Crippen molar-refractivity contribution >= 4 is 20.2 Å². The number of hydrogen-bond acceptors (Lipinski definition) is 6. The molecule has 0 aromatic rings. The first-order chi connectivity index (χ1) is 7.76. The van der Waals surface area contributed by atoms with E-state index in [-0.39, 0.29) is 17.9 Å². The quantitative estimate of drug-likeness (QED) is 0.468. The first kappa shape index (κ1) is 16.8. The molecule has 0 aromatic carbocycles. The first-order valence-corrected chi connectivity index (χ1v) is 8.73. The summed E-state index contributed by atoms with van der Waals surface area (Å²) in [5.74, 6) is -0.304. The monoisotopic (exact) mass is 288 g/mol. The molecule has 0 aliphatic carbocycles. The highest BCUT2D eigenvalue weighted by Gasteiger charge is 2.23. The third-order valence-electron chi connectivity index (χ3n) is 1.75. The normalized spacial score (nSPS) is 13.2. The molecule has 0 N–H and O–H groups in total. The third kappa shape index (κ3) is 7.69. The van der Waals surface area contributed by atoms with Crippen LogP contribution in [0, 0.1) is 0 Å². The molecule has 104 valence electrons. The molecule has 0 aliphatic rings. The SMILES string of the molecule is CCCS(=O)(=O)OC(CC)OS(=O)(=O)CCC. The summed E-state index contributed by atoms with van der Waals surface area (Å²) in [5.41, 5.74) is 0. The van der Waals surface area contributed by atoms with Crippen LogP contribution in [0.25, 0.3) is 0 Å². The number of rotatable bonds is 9. The van der Waals surface area contributed by atoms with Crippen LogP contribution in [0.4, 0.5) is 0 Å². The van der Waals surface area contributed by atoms with Gasteiger partial charge < -0.3 is 0 Å². The van der Waals surface area contributed by atoms with Crippen molar-refractivity contribution in [3.8, 4) is 0 Å². The fourth-order valence-electron chi connectivity index (χ4n) is 1.08. The van der Waals surface area contributed by atoms with Crippen LogP contribution in [0.3, 0.4) is 0 Å². The molecule has 0 aromatic heterocycles. The molecule has 0 fully saturated rings. The van der Waals surface area contributed by atoms with Gasteiger partial charge in [-0.15, -0.1) is 0 Å². The molecule has 0 amide bonds. The molecule has 6 nitrogen and oxygen atoms in total. The molecule has 0 unspecified atom stereocenters. The summed E-state index contributed by atoms with van der Waals surface area (Å²) in [6.07, 6.45) is -0.310. The van der Waals surface area contributed by atoms with E-state index in [0.29, 0.717) is 12.8 Å². The Morgan fingerprint density at radius 2 is 1.18 bits per heavy atom. The predicted octanol–water partition coefficient (Wildman–Crippen LogP) is 1.24. The van der Waals surface area contributed by atoms with Crippen LogP contribution < -0.4 is 0 Å². The van der Waals surface area contributed by atoms with E-state index in [9.17, 15) is 16.8 Å². The zero-order chi connectivity index (χ0) is 13.5. The van der Waals surface area contributed by atoms with Gasteiger partial charge in [0.05, 0.1) is 11.5 Å². The van der Waals surface area contributed by atoms with Crippen LogP contribution in [0.5, 0.6) is 0 Å². The highest BCUT2D eigenvalue weighted by molar-refractivity contribution is 7.87. The molecule has 0 saturated heterocycles. The zero-order valence-corrected chi connectivity index (χ0v) is 12.0. The molecule has 0 heterocycles. The molecule has 0 atom stereocenters. The smallest absolute Gasteiger partial charge is 0.237 e. The molecule has 0 bridgehead atoms. The molecular formula is C9H20O6S2. The van der Waals surface area contributed by atoms with Gasteiger partial charge in [0.1, 0.15) is 0 Å². The Labute approximate surface area is 104 Å². The van der Waals surface area contributed by atoms with Crippen molar-refractivity contribution in [3.63, 3.8) is 0 Å². The second-order valence-corrected chi connectivity index (χ2v) is 6.99. The topological polar surface area (TPSA) is 86.7 Å². The van der Waals surface area contributed by atoms with Crippen molar-refractivity contribution in [3.05, 3.63) is 0 Å². The molecule has 0 rings (SSSR count). The van der Waals surface area contributed by atoms with Crippen molar-refractivity contribution < 1.29 is 25.2 Å². The summed E-state index contributed by atoms with van der Waals surface area (Å²) >= 11 is 0. The van der Waals surface area contributed by atoms with Crippen molar-refractivity contribution in [2.24, 2.45) is 0 Å². The lowest BCUT2D eigenvalue weighted by Gasteiger charge is -2.15. The minimum atomic E-state index is -3.72. The van der Waals surface area contributed by atoms with E-state index in [4.69, 9.17) is 0 Å². The van der Waals surface area contributed by atoms with Crippen molar-refractivity contribution in [1.29, 1.82) is 0 Å². The zero-order valence-electron chi connectivity index (χ0n) is 10.4. The summed E-state index contributed by atoms with van der Waals surface area (Å²) in [7, 11) is -7.44. The van der Waals surface area contributed by atoms with Crippen molar-refractivity contribution in [1.82, 2.24) is 0 Å². The van der Waals surface area contributed by atoms with E-state index >= 15 is 0 Å². The Balaban J connectivity index is 4.56. The first-order valence-electron chi connectivity index (χ1n) is 5.58. The van der Waals surface area contributed by atoms with Crippen LogP contribution in [0.2, 0.25) is 0 Å². The van der Waals surface area contributed by atoms with Crippen molar-refractivity contribution in [2.75, 3.05) is 11.5 Å². The fraction of sp³-hybridized carbons (Fsp3) is 1.00. The van der Waals surface area contributed by atoms with Crippen LogP contribution >= 0.6 is 0 Å². The molecule has 0 saturated carbocycles. The standard InChI is InChI=1S/C9H20O6S2/c1-4-7-16(10,11)14-9(6-3)15-17(12,13)8-5-2/h9H,4-8H2,1-3H3. The summed E-state index contributed by atoms with van der Waals surface area (Å²) in [5, 5.41) is 0. The average Bonchev–Trinajstić information content (AvgIpc) is 2.15. The summed E-state index contributed by atoms with van der Waals surface area (Å²) < 4.78 is 54.7. The maximum atomic E-state index is 11.3. The van der Waals surface area contributed by atoms with Crippen LogP contribution in [0.1, 0.15) is 40.0 Å². The van der Waals surface area contributed by atoms with E-state index in [1.807, 2.05) is 0 Å². The Morgan fingerprint density at radius 3 is 1.41 bits per heavy atom. The van der Waals surface area contributed by atoms with Gasteiger partial charge in [-0.2, -0.15) is 16.8 Å². The van der Waals surface area contributed by atoms with E-state index in [1.165, 1.54) is 0 Å². The van der Waals surface area contributed by atoms with Gasteiger partial charge in [-0.1, -0.05) is 20.8 Å². The molecule has 17 heavy (non-hydrogen) atoms. The lowest BCUT2D eigenvalue weighted by Crippen LogP contribution is -2.26. The number of hydrogen-bond donors (Lipinski definition) is 0. The molecular weight excluding hydrogens is 268 g/mol. The van der Waals surface area contributed by atoms with Gasteiger partial charge in [0, 0.05) is 0 Å². The second-order valence-electron chi connectivity index (χ2n) is 3.55. The van der Waals surface area contributed by atoms with Gasteiger partial charge in [-0.25, -0.2) is 8.37 Å². The van der Waals surface area contributed by atoms with E-state index in [0.717, 1.165) is 0 Å². The van der Waals surface area contributed by atoms with Gasteiger partial charge in [0.25, 0.3) is 20.2 Å². The Morgan fingerprint density at radius 1 is 0.824 bits per heavy atom. The highest BCUT2D eigenvalue weighted by atomic mass is 32.2. The molecule has 0 aliphatic heterocycles. The lowest BCUT2D eigenvalue weighted by molar-refractivity contribution is 0.0149. The average molecular weight is 288 g/mol. The Hall–Kier alpha value is -0.180. The van der Waals surface area contributed by atoms with Crippen LogP contribution in [-0.4, -0.2) is 34.6 Å². The summed E-state index contributed by atoms with van der Waals surface area (Å²) in [6, 6.07) is 0. The van der Waals surface area contributed by atoms with E-state index in [2.05, 4.69) is 8.37 Å². The van der Waals surface area contributed by atoms with Gasteiger partial charge in [-0.3, -0.25) is 0 Å². The molecule has 0 radical (unpaired) electrons. The molecule has 0 spiro atoms. The van der Waals surface area contributed by atoms with Crippen LogP contribution in [0.15, 0.2) is 0 Å². The van der Waals surface area contributed by atoms with Gasteiger partial charge in [0.2, 0.25) is 0 Å². The van der Waals surface area contributed by atoms with Gasteiger partial charge in [-0.05, 0) is 19.3 Å². The third-order valence-corrected chi connectivity index (χ3v) is 4.58. The van der Waals surface area contributed by atoms with Gasteiger partial charge >= 0.3 is 0 Å². The maximum absolute atomic E-state index is 11.3. The Bertz CT molecular complexity index is 359. The largest absolute Gasteiger partial charge is 0.269 e. The lowest BCUT2D eigenvalue weighted by atomic mass is 10.5. The highest BCUT2D eigenvalue weighted by Crippen LogP contribution is 2.11. The fourth-order valence-corrected chi connectivity index (χ4v) is 3.32. The summed E-state index contributed by atoms with van der Waals surface area (Å²) in [6.45, 7) is 4.97. The van der Waals surface area contributed by atoms with Crippen molar-refractivity contribution in [2.45, 2.75) is 46.3 Å². The summed E-state index contributed by atoms with van der Waals surface area (Å²) in [4.78, 5) is 0. The molecule has 8 heteroatoms. The minimum Gasteiger partial charge on any atom is -0.237 e. The predicted molar refractivity (Wildman–Crippen MR) is 64.4 cm³/mol. The minimum absolute atomic E-state index is 0.145. The van der Waals surface area contributed by atoms with Crippen LogP contribution in [-0.2, 0) is 28.6 Å². The van der Waals surface area contributed by atoms with E-state index in [1.54, 1.807) is 20.8 Å².